The molecule has 1 heterocycles. The summed E-state index contributed by atoms with van der Waals surface area (Å²) in [6, 6.07) is 7.96. The molecule has 0 spiro atoms. The third-order valence-corrected chi connectivity index (χ3v) is 3.02. The lowest BCUT2D eigenvalue weighted by Gasteiger charge is -2.05. The molecule has 1 aromatic carbocycles. The molecule has 0 radical (unpaired) electrons. The third kappa shape index (κ3) is 4.57. The molecule has 7 heteroatoms. The molecule has 0 bridgehead atoms. The van der Waals surface area contributed by atoms with E-state index in [1.54, 1.807) is 7.11 Å². The summed E-state index contributed by atoms with van der Waals surface area (Å²) in [6.07, 6.45) is 2.34. The molecule has 7 nitrogen and oxygen atoms in total. The van der Waals surface area contributed by atoms with Crippen molar-refractivity contribution in [3.63, 3.8) is 0 Å². The molecule has 0 saturated carbocycles. The number of aromatic nitrogens is 3. The van der Waals surface area contributed by atoms with Crippen molar-refractivity contribution in [3.8, 4) is 5.75 Å². The molecular formula is C14H18N4O3. The first-order valence-corrected chi connectivity index (χ1v) is 6.66. The molecule has 1 aromatic heterocycles. The molecule has 0 saturated heterocycles. The summed E-state index contributed by atoms with van der Waals surface area (Å²) in [5, 5.41) is 19.3. The maximum Gasteiger partial charge on any atom is 0.358 e. The van der Waals surface area contributed by atoms with E-state index in [1.807, 2.05) is 24.3 Å². The number of hydrogen-bond acceptors (Lipinski definition) is 5. The fraction of sp³-hybridized carbons (Fsp3) is 0.357. The number of methoxy groups -OCH3 is 1. The van der Waals surface area contributed by atoms with Gasteiger partial charge in [-0.25, -0.2) is 4.79 Å². The van der Waals surface area contributed by atoms with E-state index in [0.29, 0.717) is 13.1 Å². The maximum absolute atomic E-state index is 10.7. The number of ether oxygens (including phenoxy) is 1. The monoisotopic (exact) mass is 290 g/mol. The Balaban J connectivity index is 1.66. The Labute approximate surface area is 122 Å². The van der Waals surface area contributed by atoms with Crippen LogP contribution in [0.5, 0.6) is 5.75 Å². The number of carboxylic acids is 1. The van der Waals surface area contributed by atoms with Gasteiger partial charge in [-0.15, -0.1) is 5.10 Å². The van der Waals surface area contributed by atoms with Crippen molar-refractivity contribution in [1.29, 1.82) is 0 Å². The Bertz CT molecular complexity index is 580. The van der Waals surface area contributed by atoms with Gasteiger partial charge in [0, 0.05) is 6.54 Å². The fourth-order valence-corrected chi connectivity index (χ4v) is 1.85. The topological polar surface area (TPSA) is 89.3 Å². The van der Waals surface area contributed by atoms with Crippen LogP contribution in [0.2, 0.25) is 0 Å². The number of rotatable bonds is 8. The second kappa shape index (κ2) is 7.39. The molecule has 0 aliphatic carbocycles. The van der Waals surface area contributed by atoms with E-state index in [2.05, 4.69) is 15.6 Å². The number of carboxylic acid groups (broad SMARTS) is 1. The molecule has 2 aromatic rings. The molecule has 2 rings (SSSR count). The third-order valence-electron chi connectivity index (χ3n) is 3.02. The zero-order valence-electron chi connectivity index (χ0n) is 11.8. The minimum atomic E-state index is -1.06. The van der Waals surface area contributed by atoms with E-state index >= 15 is 0 Å². The summed E-state index contributed by atoms with van der Waals surface area (Å²) >= 11 is 0. The molecule has 0 aliphatic rings. The van der Waals surface area contributed by atoms with Crippen molar-refractivity contribution in [3.05, 3.63) is 41.7 Å². The Morgan fingerprint density at radius 2 is 2.10 bits per heavy atom. The first-order chi connectivity index (χ1) is 10.2. The Kier molecular flexibility index (Phi) is 5.28. The van der Waals surface area contributed by atoms with Gasteiger partial charge in [0.15, 0.2) is 5.69 Å². The smallest absolute Gasteiger partial charge is 0.358 e. The Hall–Kier alpha value is -2.41. The zero-order valence-corrected chi connectivity index (χ0v) is 11.8. The highest BCUT2D eigenvalue weighted by Crippen LogP contribution is 2.11. The van der Waals surface area contributed by atoms with E-state index in [4.69, 9.17) is 9.84 Å². The minimum Gasteiger partial charge on any atom is -0.497 e. The SMILES string of the molecule is COc1ccc(CCNCCn2cc(C(=O)O)nn2)cc1. The van der Waals surface area contributed by atoms with Crippen LogP contribution in [0.15, 0.2) is 30.5 Å². The lowest BCUT2D eigenvalue weighted by atomic mass is 10.1. The maximum atomic E-state index is 10.7. The summed E-state index contributed by atoms with van der Waals surface area (Å²) < 4.78 is 6.62. The average Bonchev–Trinajstić information content (AvgIpc) is 2.97. The van der Waals surface area contributed by atoms with Gasteiger partial charge < -0.3 is 15.2 Å². The lowest BCUT2D eigenvalue weighted by Crippen LogP contribution is -2.22. The highest BCUT2D eigenvalue weighted by Gasteiger charge is 2.07. The van der Waals surface area contributed by atoms with Crippen molar-refractivity contribution in [2.45, 2.75) is 13.0 Å². The van der Waals surface area contributed by atoms with E-state index in [0.717, 1.165) is 18.7 Å². The average molecular weight is 290 g/mol. The quantitative estimate of drug-likeness (QED) is 0.700. The Morgan fingerprint density at radius 1 is 1.33 bits per heavy atom. The standard InChI is InChI=1S/C14H18N4O3/c1-21-12-4-2-11(3-5-12)6-7-15-8-9-18-10-13(14(19)20)16-17-18/h2-5,10,15H,6-9H2,1H3,(H,19,20). The van der Waals surface area contributed by atoms with Crippen LogP contribution < -0.4 is 10.1 Å². The number of nitrogens with zero attached hydrogens (tertiary/aromatic N) is 3. The summed E-state index contributed by atoms with van der Waals surface area (Å²) in [4.78, 5) is 10.7. The lowest BCUT2D eigenvalue weighted by molar-refractivity contribution is 0.0690. The number of hydrogen-bond donors (Lipinski definition) is 2. The summed E-state index contributed by atoms with van der Waals surface area (Å²) in [5.74, 6) is -0.208. The molecular weight excluding hydrogens is 272 g/mol. The molecule has 0 amide bonds. The first-order valence-electron chi connectivity index (χ1n) is 6.66. The van der Waals surface area contributed by atoms with Gasteiger partial charge >= 0.3 is 5.97 Å². The van der Waals surface area contributed by atoms with Crippen LogP contribution in [0, 0.1) is 0 Å². The van der Waals surface area contributed by atoms with Gasteiger partial charge in [0.05, 0.1) is 19.9 Å². The highest BCUT2D eigenvalue weighted by molar-refractivity contribution is 5.84. The van der Waals surface area contributed by atoms with Gasteiger partial charge in [-0.05, 0) is 30.7 Å². The molecule has 0 aliphatic heterocycles. The molecule has 112 valence electrons. The van der Waals surface area contributed by atoms with Crippen LogP contribution in [0.3, 0.4) is 0 Å². The van der Waals surface area contributed by atoms with Gasteiger partial charge in [0.2, 0.25) is 0 Å². The van der Waals surface area contributed by atoms with E-state index in [1.165, 1.54) is 16.4 Å². The first kappa shape index (κ1) is 15.0. The summed E-state index contributed by atoms with van der Waals surface area (Å²) in [5.41, 5.74) is 1.20. The number of benzene rings is 1. The van der Waals surface area contributed by atoms with Crippen LogP contribution in [-0.4, -0.2) is 46.3 Å². The molecule has 0 fully saturated rings. The zero-order chi connectivity index (χ0) is 15.1. The second-order valence-electron chi connectivity index (χ2n) is 4.52. The van der Waals surface area contributed by atoms with Crippen LogP contribution in [-0.2, 0) is 13.0 Å². The molecule has 0 unspecified atom stereocenters. The number of aromatic carboxylic acids is 1. The predicted molar refractivity (Wildman–Crippen MR) is 76.5 cm³/mol. The minimum absolute atomic E-state index is 0.0340. The van der Waals surface area contributed by atoms with Crippen LogP contribution in [0.25, 0.3) is 0 Å². The molecule has 21 heavy (non-hydrogen) atoms. The number of carbonyl (C=O) groups is 1. The molecule has 2 N–H and O–H groups in total. The number of nitrogens with one attached hydrogen (secondary N) is 1. The predicted octanol–water partition coefficient (Wildman–Crippen LogP) is 0.817. The fourth-order valence-electron chi connectivity index (χ4n) is 1.85. The molecule has 0 atom stereocenters. The highest BCUT2D eigenvalue weighted by atomic mass is 16.5. The van der Waals surface area contributed by atoms with E-state index in [-0.39, 0.29) is 5.69 Å². The van der Waals surface area contributed by atoms with E-state index in [9.17, 15) is 4.79 Å². The van der Waals surface area contributed by atoms with Crippen LogP contribution in [0.4, 0.5) is 0 Å². The van der Waals surface area contributed by atoms with Crippen molar-refractivity contribution in [2.24, 2.45) is 0 Å². The van der Waals surface area contributed by atoms with Crippen LogP contribution in [0.1, 0.15) is 16.1 Å². The Morgan fingerprint density at radius 3 is 2.71 bits per heavy atom. The van der Waals surface area contributed by atoms with Gasteiger partial charge in [-0.3, -0.25) is 4.68 Å². The van der Waals surface area contributed by atoms with Gasteiger partial charge in [0.1, 0.15) is 5.75 Å². The van der Waals surface area contributed by atoms with Crippen molar-refractivity contribution < 1.29 is 14.6 Å². The van der Waals surface area contributed by atoms with E-state index < -0.39 is 5.97 Å². The summed E-state index contributed by atoms with van der Waals surface area (Å²) in [7, 11) is 1.65. The van der Waals surface area contributed by atoms with Crippen molar-refractivity contribution >= 4 is 5.97 Å². The van der Waals surface area contributed by atoms with Gasteiger partial charge in [-0.2, -0.15) is 0 Å². The van der Waals surface area contributed by atoms with Gasteiger partial charge in [-0.1, -0.05) is 17.3 Å². The largest absolute Gasteiger partial charge is 0.497 e. The van der Waals surface area contributed by atoms with Gasteiger partial charge in [0.25, 0.3) is 0 Å². The van der Waals surface area contributed by atoms with Crippen molar-refractivity contribution in [1.82, 2.24) is 20.3 Å². The van der Waals surface area contributed by atoms with Crippen molar-refractivity contribution in [2.75, 3.05) is 20.2 Å². The van der Waals surface area contributed by atoms with Crippen LogP contribution >= 0.6 is 0 Å². The summed E-state index contributed by atoms with van der Waals surface area (Å²) in [6.45, 7) is 2.13. The normalized spacial score (nSPS) is 10.5. The second-order valence-corrected chi connectivity index (χ2v) is 4.52.